The van der Waals surface area contributed by atoms with E-state index in [4.69, 9.17) is 10.5 Å². The maximum Gasteiger partial charge on any atom is 0.0790 e. The van der Waals surface area contributed by atoms with Gasteiger partial charge in [0.15, 0.2) is 0 Å². The molecule has 1 aromatic carbocycles. The smallest absolute Gasteiger partial charge is 0.0790 e. The molecule has 16 heavy (non-hydrogen) atoms. The minimum Gasteiger partial charge on any atom is -0.376 e. The van der Waals surface area contributed by atoms with Crippen LogP contribution in [-0.2, 0) is 4.74 Å². The number of ether oxygens (including phenoxy) is 1. The average molecular weight is 221 g/mol. The highest BCUT2D eigenvalue weighted by Gasteiger charge is 2.23. The van der Waals surface area contributed by atoms with Gasteiger partial charge < -0.3 is 10.5 Å². The van der Waals surface area contributed by atoms with Gasteiger partial charge in [-0.1, -0.05) is 38.1 Å². The van der Waals surface area contributed by atoms with E-state index < -0.39 is 0 Å². The summed E-state index contributed by atoms with van der Waals surface area (Å²) in [5.41, 5.74) is 8.73. The highest BCUT2D eigenvalue weighted by atomic mass is 16.5. The van der Waals surface area contributed by atoms with Gasteiger partial charge in [0.2, 0.25) is 0 Å². The Kier molecular flexibility index (Phi) is 4.97. The zero-order valence-corrected chi connectivity index (χ0v) is 10.7. The second-order valence-corrected chi connectivity index (χ2v) is 4.55. The zero-order valence-electron chi connectivity index (χ0n) is 10.7. The fourth-order valence-corrected chi connectivity index (χ4v) is 2.04. The molecule has 0 fully saturated rings. The van der Waals surface area contributed by atoms with Crippen molar-refractivity contribution in [1.29, 1.82) is 0 Å². The van der Waals surface area contributed by atoms with Gasteiger partial charge in [0, 0.05) is 6.61 Å². The predicted molar refractivity (Wildman–Crippen MR) is 68.4 cm³/mol. The largest absolute Gasteiger partial charge is 0.376 e. The minimum absolute atomic E-state index is 0.0406. The summed E-state index contributed by atoms with van der Waals surface area (Å²) in [6.07, 6.45) is 0.0890. The summed E-state index contributed by atoms with van der Waals surface area (Å²) in [7, 11) is 0. The molecule has 0 heterocycles. The van der Waals surface area contributed by atoms with Crippen molar-refractivity contribution in [1.82, 2.24) is 0 Å². The van der Waals surface area contributed by atoms with Gasteiger partial charge in [-0.2, -0.15) is 0 Å². The molecular weight excluding hydrogens is 198 g/mol. The lowest BCUT2D eigenvalue weighted by Crippen LogP contribution is -2.33. The molecule has 1 aromatic rings. The quantitative estimate of drug-likeness (QED) is 0.829. The van der Waals surface area contributed by atoms with Crippen LogP contribution >= 0.6 is 0 Å². The van der Waals surface area contributed by atoms with Crippen molar-refractivity contribution in [3.8, 4) is 0 Å². The van der Waals surface area contributed by atoms with E-state index in [2.05, 4.69) is 32.9 Å². The number of aryl methyl sites for hydroxylation is 1. The van der Waals surface area contributed by atoms with E-state index in [1.807, 2.05) is 19.1 Å². The van der Waals surface area contributed by atoms with Gasteiger partial charge in [-0.25, -0.2) is 0 Å². The molecule has 2 heteroatoms. The first-order valence-electron chi connectivity index (χ1n) is 6.00. The fraction of sp³-hybridized carbons (Fsp3) is 0.571. The third-order valence-electron chi connectivity index (χ3n) is 2.92. The van der Waals surface area contributed by atoms with Crippen LogP contribution in [-0.4, -0.2) is 12.7 Å². The topological polar surface area (TPSA) is 35.2 Å². The lowest BCUT2D eigenvalue weighted by molar-refractivity contribution is 0.0120. The summed E-state index contributed by atoms with van der Waals surface area (Å²) >= 11 is 0. The Hall–Kier alpha value is -0.860. The molecule has 0 bridgehead atoms. The molecule has 0 amide bonds. The highest BCUT2D eigenvalue weighted by Crippen LogP contribution is 2.24. The van der Waals surface area contributed by atoms with E-state index >= 15 is 0 Å². The molecular formula is C14H23NO. The molecule has 1 rings (SSSR count). The molecule has 0 saturated heterocycles. The van der Waals surface area contributed by atoms with Crippen LogP contribution in [0.5, 0.6) is 0 Å². The summed E-state index contributed by atoms with van der Waals surface area (Å²) in [6.45, 7) is 9.12. The zero-order chi connectivity index (χ0) is 12.1. The summed E-state index contributed by atoms with van der Waals surface area (Å²) in [5, 5.41) is 0. The normalized spacial score (nSPS) is 15.1. The van der Waals surface area contributed by atoms with E-state index in [-0.39, 0.29) is 12.1 Å². The van der Waals surface area contributed by atoms with Crippen LogP contribution in [0, 0.1) is 12.8 Å². The first kappa shape index (κ1) is 13.2. The molecule has 0 aliphatic carbocycles. The Labute approximate surface area is 98.8 Å². The molecule has 2 atom stereocenters. The first-order valence-corrected chi connectivity index (χ1v) is 6.00. The van der Waals surface area contributed by atoms with E-state index in [0.717, 1.165) is 0 Å². The fourth-order valence-electron chi connectivity index (χ4n) is 2.04. The average Bonchev–Trinajstić information content (AvgIpc) is 2.25. The van der Waals surface area contributed by atoms with Crippen molar-refractivity contribution in [2.24, 2.45) is 11.7 Å². The predicted octanol–water partition coefficient (Wildman–Crippen LogP) is 3.06. The number of nitrogens with two attached hydrogens (primary N) is 1. The Bertz CT molecular complexity index is 322. The number of hydrogen-bond donors (Lipinski definition) is 1. The van der Waals surface area contributed by atoms with Crippen molar-refractivity contribution in [2.75, 3.05) is 6.61 Å². The summed E-state index contributed by atoms with van der Waals surface area (Å²) in [4.78, 5) is 0. The van der Waals surface area contributed by atoms with Crippen LogP contribution in [0.3, 0.4) is 0 Å². The second kappa shape index (κ2) is 6.02. The number of hydrogen-bond acceptors (Lipinski definition) is 2. The van der Waals surface area contributed by atoms with Crippen LogP contribution in [0.1, 0.15) is 37.9 Å². The molecule has 0 spiro atoms. The number of benzene rings is 1. The van der Waals surface area contributed by atoms with Crippen molar-refractivity contribution in [3.05, 3.63) is 35.4 Å². The van der Waals surface area contributed by atoms with Crippen molar-refractivity contribution in [2.45, 2.75) is 39.8 Å². The van der Waals surface area contributed by atoms with Gasteiger partial charge >= 0.3 is 0 Å². The molecule has 2 nitrogen and oxygen atoms in total. The molecule has 90 valence electrons. The van der Waals surface area contributed by atoms with Gasteiger partial charge in [0.05, 0.1) is 12.1 Å². The molecule has 2 N–H and O–H groups in total. The molecule has 0 saturated carbocycles. The highest BCUT2D eigenvalue weighted by molar-refractivity contribution is 5.29. The maximum absolute atomic E-state index is 6.30. The molecule has 0 radical (unpaired) electrons. The molecule has 0 aliphatic heterocycles. The third kappa shape index (κ3) is 3.06. The van der Waals surface area contributed by atoms with Gasteiger partial charge in [0.1, 0.15) is 0 Å². The summed E-state index contributed by atoms with van der Waals surface area (Å²) in [6, 6.07) is 8.22. The standard InChI is InChI=1S/C14H23NO/c1-5-16-14(10(2)3)13(15)12-9-7-6-8-11(12)4/h6-10,13-14H,5,15H2,1-4H3. The minimum atomic E-state index is -0.0406. The van der Waals surface area contributed by atoms with Gasteiger partial charge in [-0.3, -0.25) is 0 Å². The van der Waals surface area contributed by atoms with Crippen LogP contribution < -0.4 is 5.73 Å². The van der Waals surface area contributed by atoms with E-state index in [1.165, 1.54) is 11.1 Å². The Balaban J connectivity index is 2.90. The van der Waals surface area contributed by atoms with Crippen LogP contribution in [0.15, 0.2) is 24.3 Å². The van der Waals surface area contributed by atoms with Gasteiger partial charge in [0.25, 0.3) is 0 Å². The van der Waals surface area contributed by atoms with E-state index in [9.17, 15) is 0 Å². The SMILES string of the molecule is CCOC(C(C)C)C(N)c1ccccc1C. The molecule has 2 unspecified atom stereocenters. The van der Waals surface area contributed by atoms with Crippen LogP contribution in [0.4, 0.5) is 0 Å². The van der Waals surface area contributed by atoms with Crippen molar-refractivity contribution >= 4 is 0 Å². The maximum atomic E-state index is 6.30. The molecule has 0 aromatic heterocycles. The van der Waals surface area contributed by atoms with Gasteiger partial charge in [-0.05, 0) is 30.9 Å². The van der Waals surface area contributed by atoms with Gasteiger partial charge in [-0.15, -0.1) is 0 Å². The lowest BCUT2D eigenvalue weighted by atomic mass is 9.91. The lowest BCUT2D eigenvalue weighted by Gasteiger charge is -2.28. The van der Waals surface area contributed by atoms with E-state index in [0.29, 0.717) is 12.5 Å². The molecule has 0 aliphatic rings. The van der Waals surface area contributed by atoms with E-state index in [1.54, 1.807) is 0 Å². The Morgan fingerprint density at radius 3 is 2.38 bits per heavy atom. The number of rotatable bonds is 5. The van der Waals surface area contributed by atoms with Crippen molar-refractivity contribution in [3.63, 3.8) is 0 Å². The monoisotopic (exact) mass is 221 g/mol. The Morgan fingerprint density at radius 1 is 1.25 bits per heavy atom. The summed E-state index contributed by atoms with van der Waals surface area (Å²) in [5.74, 6) is 0.426. The Morgan fingerprint density at radius 2 is 1.88 bits per heavy atom. The van der Waals surface area contributed by atoms with Crippen LogP contribution in [0.25, 0.3) is 0 Å². The second-order valence-electron chi connectivity index (χ2n) is 4.55. The third-order valence-corrected chi connectivity index (χ3v) is 2.92. The first-order chi connectivity index (χ1) is 7.57. The summed E-state index contributed by atoms with van der Waals surface area (Å²) < 4.78 is 5.75. The van der Waals surface area contributed by atoms with Crippen molar-refractivity contribution < 1.29 is 4.74 Å². The van der Waals surface area contributed by atoms with Crippen LogP contribution in [0.2, 0.25) is 0 Å².